The molecule has 1 aromatic carbocycles. The molecule has 1 aromatic heterocycles. The minimum Gasteiger partial charge on any atom is -0.366 e. The molecule has 0 radical (unpaired) electrons. The van der Waals surface area contributed by atoms with Gasteiger partial charge in [0.15, 0.2) is 0 Å². The third-order valence-electron chi connectivity index (χ3n) is 2.66. The van der Waals surface area contributed by atoms with E-state index in [-0.39, 0.29) is 0 Å². The number of fused-ring (bicyclic) bond motifs is 1. The zero-order valence-electron chi connectivity index (χ0n) is 9.66. The fraction of sp³-hybridized carbons (Fsp3) is 0.231. The van der Waals surface area contributed by atoms with Crippen molar-refractivity contribution in [1.29, 1.82) is 0 Å². The fourth-order valence-electron chi connectivity index (χ4n) is 1.99. The maximum absolute atomic E-state index is 11.4. The number of nitrogens with zero attached hydrogens (tertiary/aromatic N) is 1. The molecule has 1 amide bonds. The number of amides is 1. The lowest BCUT2D eigenvalue weighted by atomic mass is 10.0. The molecule has 0 saturated heterocycles. The summed E-state index contributed by atoms with van der Waals surface area (Å²) in [4.78, 5) is 15.8. The highest BCUT2D eigenvalue weighted by molar-refractivity contribution is 6.05. The Bertz CT molecular complexity index is 588. The Kier molecular flexibility index (Phi) is 2.38. The molecule has 1 heterocycles. The zero-order valence-corrected chi connectivity index (χ0v) is 9.66. The molecule has 0 unspecified atom stereocenters. The minimum atomic E-state index is -0.425. The number of benzene rings is 1. The highest BCUT2D eigenvalue weighted by Gasteiger charge is 2.10. The van der Waals surface area contributed by atoms with E-state index >= 15 is 0 Å². The van der Waals surface area contributed by atoms with Gasteiger partial charge in [-0.1, -0.05) is 0 Å². The van der Waals surface area contributed by atoms with Crippen LogP contribution >= 0.6 is 0 Å². The molecule has 0 saturated carbocycles. The highest BCUT2D eigenvalue weighted by atomic mass is 16.1. The van der Waals surface area contributed by atoms with Crippen molar-refractivity contribution in [2.45, 2.75) is 20.8 Å². The predicted octanol–water partition coefficient (Wildman–Crippen LogP) is 2.26. The average Bonchev–Trinajstić information content (AvgIpc) is 2.18. The molecule has 2 aromatic rings. The number of primary amides is 1. The molecule has 0 bridgehead atoms. The van der Waals surface area contributed by atoms with Crippen molar-refractivity contribution in [3.63, 3.8) is 0 Å². The lowest BCUT2D eigenvalue weighted by Crippen LogP contribution is -2.12. The molecule has 0 aliphatic rings. The summed E-state index contributed by atoms with van der Waals surface area (Å²) >= 11 is 0. The first-order chi connectivity index (χ1) is 7.49. The average molecular weight is 214 g/mol. The summed E-state index contributed by atoms with van der Waals surface area (Å²) < 4.78 is 0. The van der Waals surface area contributed by atoms with Gasteiger partial charge in [0.1, 0.15) is 0 Å². The van der Waals surface area contributed by atoms with Crippen molar-refractivity contribution in [1.82, 2.24) is 4.98 Å². The summed E-state index contributed by atoms with van der Waals surface area (Å²) in [6, 6.07) is 5.83. The molecular formula is C13H14N2O. The molecule has 2 N–H and O–H groups in total. The van der Waals surface area contributed by atoms with Crippen LogP contribution in [0.1, 0.15) is 27.2 Å². The van der Waals surface area contributed by atoms with Gasteiger partial charge in [0.25, 0.3) is 5.91 Å². The maximum atomic E-state index is 11.4. The number of rotatable bonds is 1. The molecule has 82 valence electrons. The van der Waals surface area contributed by atoms with Crippen LogP contribution in [0, 0.1) is 20.8 Å². The van der Waals surface area contributed by atoms with Gasteiger partial charge >= 0.3 is 0 Å². The van der Waals surface area contributed by atoms with Gasteiger partial charge < -0.3 is 5.73 Å². The molecule has 3 nitrogen and oxygen atoms in total. The van der Waals surface area contributed by atoms with Crippen molar-refractivity contribution >= 4 is 16.8 Å². The maximum Gasteiger partial charge on any atom is 0.250 e. The first-order valence-corrected chi connectivity index (χ1v) is 5.17. The number of nitrogens with two attached hydrogens (primary N) is 1. The lowest BCUT2D eigenvalue weighted by Gasteiger charge is -2.08. The van der Waals surface area contributed by atoms with E-state index in [9.17, 15) is 4.79 Å². The standard InChI is InChI=1S/C13H14N2O/c1-7-4-10-8(2)6-9(3)15-12(10)11(5-7)13(14)16/h4-6H,1-3H3,(H2,14,16). The molecule has 0 atom stereocenters. The summed E-state index contributed by atoms with van der Waals surface area (Å²) in [5.74, 6) is -0.425. The zero-order chi connectivity index (χ0) is 11.9. The number of carbonyl (C=O) groups excluding carboxylic acids is 1. The van der Waals surface area contributed by atoms with Gasteiger partial charge in [-0.15, -0.1) is 0 Å². The normalized spacial score (nSPS) is 10.7. The third kappa shape index (κ3) is 1.65. The van der Waals surface area contributed by atoms with Crippen LogP contribution in [-0.2, 0) is 0 Å². The van der Waals surface area contributed by atoms with Crippen LogP contribution in [0.2, 0.25) is 0 Å². The van der Waals surface area contributed by atoms with E-state index in [1.807, 2.05) is 32.9 Å². The summed E-state index contributed by atoms with van der Waals surface area (Å²) in [5.41, 5.74) is 9.62. The SMILES string of the molecule is Cc1cc(C(N)=O)c2nc(C)cc(C)c2c1. The number of aromatic nitrogens is 1. The van der Waals surface area contributed by atoms with Gasteiger partial charge in [0, 0.05) is 11.1 Å². The summed E-state index contributed by atoms with van der Waals surface area (Å²) in [6.45, 7) is 5.88. The number of hydrogen-bond acceptors (Lipinski definition) is 2. The van der Waals surface area contributed by atoms with E-state index in [2.05, 4.69) is 4.98 Å². The Hall–Kier alpha value is -1.90. The largest absolute Gasteiger partial charge is 0.366 e. The highest BCUT2D eigenvalue weighted by Crippen LogP contribution is 2.22. The van der Waals surface area contributed by atoms with Crippen LogP contribution in [-0.4, -0.2) is 10.9 Å². The Labute approximate surface area is 94.3 Å². The van der Waals surface area contributed by atoms with Crippen molar-refractivity contribution in [2.24, 2.45) is 5.73 Å². The van der Waals surface area contributed by atoms with E-state index in [4.69, 9.17) is 5.73 Å². The first-order valence-electron chi connectivity index (χ1n) is 5.17. The van der Waals surface area contributed by atoms with Gasteiger partial charge in [-0.2, -0.15) is 0 Å². The van der Waals surface area contributed by atoms with Gasteiger partial charge in [-0.05, 0) is 50.1 Å². The van der Waals surface area contributed by atoms with Crippen molar-refractivity contribution in [3.05, 3.63) is 40.6 Å². The van der Waals surface area contributed by atoms with Crippen molar-refractivity contribution in [2.75, 3.05) is 0 Å². The fourth-order valence-corrected chi connectivity index (χ4v) is 1.99. The molecule has 2 rings (SSSR count). The quantitative estimate of drug-likeness (QED) is 0.791. The Balaban J connectivity index is 2.95. The monoisotopic (exact) mass is 214 g/mol. The Morgan fingerprint density at radius 2 is 1.88 bits per heavy atom. The van der Waals surface area contributed by atoms with Gasteiger partial charge in [-0.25, -0.2) is 0 Å². The van der Waals surface area contributed by atoms with Crippen LogP contribution in [0.15, 0.2) is 18.2 Å². The smallest absolute Gasteiger partial charge is 0.250 e. The van der Waals surface area contributed by atoms with E-state index in [0.29, 0.717) is 11.1 Å². The Morgan fingerprint density at radius 3 is 2.50 bits per heavy atom. The summed E-state index contributed by atoms with van der Waals surface area (Å²) in [6.07, 6.45) is 0. The summed E-state index contributed by atoms with van der Waals surface area (Å²) in [5, 5.41) is 0.999. The predicted molar refractivity (Wildman–Crippen MR) is 64.5 cm³/mol. The van der Waals surface area contributed by atoms with Crippen LogP contribution in [0.4, 0.5) is 0 Å². The van der Waals surface area contributed by atoms with Crippen LogP contribution in [0.3, 0.4) is 0 Å². The first kappa shape index (κ1) is 10.6. The topological polar surface area (TPSA) is 56.0 Å². The lowest BCUT2D eigenvalue weighted by molar-refractivity contribution is 0.100. The van der Waals surface area contributed by atoms with Crippen LogP contribution in [0.5, 0.6) is 0 Å². The van der Waals surface area contributed by atoms with Gasteiger partial charge in [0.2, 0.25) is 0 Å². The number of carbonyl (C=O) groups is 1. The second-order valence-electron chi connectivity index (χ2n) is 4.15. The minimum absolute atomic E-state index is 0.425. The molecule has 0 fully saturated rings. The van der Waals surface area contributed by atoms with E-state index in [0.717, 1.165) is 22.2 Å². The number of hydrogen-bond donors (Lipinski definition) is 1. The molecule has 0 aliphatic carbocycles. The van der Waals surface area contributed by atoms with E-state index < -0.39 is 5.91 Å². The molecule has 16 heavy (non-hydrogen) atoms. The summed E-state index contributed by atoms with van der Waals surface area (Å²) in [7, 11) is 0. The van der Waals surface area contributed by atoms with E-state index in [1.165, 1.54) is 0 Å². The second-order valence-corrected chi connectivity index (χ2v) is 4.15. The Morgan fingerprint density at radius 1 is 1.19 bits per heavy atom. The molecular weight excluding hydrogens is 200 g/mol. The number of aryl methyl sites for hydroxylation is 3. The van der Waals surface area contributed by atoms with Gasteiger partial charge in [-0.3, -0.25) is 9.78 Å². The molecule has 0 spiro atoms. The van der Waals surface area contributed by atoms with E-state index in [1.54, 1.807) is 6.07 Å². The number of pyridine rings is 1. The van der Waals surface area contributed by atoms with Crippen LogP contribution < -0.4 is 5.73 Å². The third-order valence-corrected chi connectivity index (χ3v) is 2.66. The van der Waals surface area contributed by atoms with Crippen molar-refractivity contribution < 1.29 is 4.79 Å². The molecule has 0 aliphatic heterocycles. The van der Waals surface area contributed by atoms with Crippen molar-refractivity contribution in [3.8, 4) is 0 Å². The molecule has 3 heteroatoms. The second kappa shape index (κ2) is 3.59. The van der Waals surface area contributed by atoms with Crippen LogP contribution in [0.25, 0.3) is 10.9 Å². The van der Waals surface area contributed by atoms with Gasteiger partial charge in [0.05, 0.1) is 11.1 Å².